The van der Waals surface area contributed by atoms with Gasteiger partial charge in [0.25, 0.3) is 0 Å². The van der Waals surface area contributed by atoms with Crippen LogP contribution in [-0.2, 0) is 0 Å². The van der Waals surface area contributed by atoms with Crippen LogP contribution in [0.3, 0.4) is 0 Å². The van der Waals surface area contributed by atoms with Gasteiger partial charge >= 0.3 is 0 Å². The molecule has 0 unspecified atom stereocenters. The number of thiazole rings is 2. The van der Waals surface area contributed by atoms with Gasteiger partial charge in [-0.2, -0.15) is 5.10 Å². The standard InChI is InChI=1S/C21H26N8S2.ClH/c1-20(2)6-13(7-21(3,4)28-20)29(5)19-27-18-17(31-19)26-16(30-18)15-11-22-14(10-23-15)12-8-24-25-9-12;/h8-11,13,28H,6-7H2,1-5H3,(H,24,25);1H. The number of piperidine rings is 1. The lowest BCUT2D eigenvalue weighted by Crippen LogP contribution is -2.61. The first-order valence-corrected chi connectivity index (χ1v) is 11.9. The molecule has 2 N–H and O–H groups in total. The molecule has 0 spiro atoms. The summed E-state index contributed by atoms with van der Waals surface area (Å²) in [6.07, 6.45) is 9.21. The molecule has 5 heterocycles. The van der Waals surface area contributed by atoms with Crippen molar-refractivity contribution in [2.45, 2.75) is 57.7 Å². The summed E-state index contributed by atoms with van der Waals surface area (Å²) in [4.78, 5) is 23.0. The molecule has 5 rings (SSSR count). The summed E-state index contributed by atoms with van der Waals surface area (Å²) in [6, 6.07) is 0.437. The van der Waals surface area contributed by atoms with Crippen LogP contribution in [0.1, 0.15) is 40.5 Å². The van der Waals surface area contributed by atoms with Crippen molar-refractivity contribution in [3.8, 4) is 22.0 Å². The Balaban J connectivity index is 0.00000245. The Morgan fingerprint density at radius 3 is 2.19 bits per heavy atom. The first-order chi connectivity index (χ1) is 14.7. The van der Waals surface area contributed by atoms with Gasteiger partial charge < -0.3 is 10.2 Å². The highest BCUT2D eigenvalue weighted by molar-refractivity contribution is 7.29. The van der Waals surface area contributed by atoms with Crippen LogP contribution in [-0.4, -0.2) is 54.3 Å². The van der Waals surface area contributed by atoms with Crippen LogP contribution in [0.4, 0.5) is 5.13 Å². The summed E-state index contributed by atoms with van der Waals surface area (Å²) < 4.78 is 0. The fourth-order valence-electron chi connectivity index (χ4n) is 4.57. The fraction of sp³-hybridized carbons (Fsp3) is 0.476. The minimum atomic E-state index is 0. The van der Waals surface area contributed by atoms with Crippen molar-refractivity contribution in [3.05, 3.63) is 24.8 Å². The lowest BCUT2D eigenvalue weighted by molar-refractivity contribution is 0.161. The zero-order valence-corrected chi connectivity index (χ0v) is 21.2. The number of rotatable bonds is 4. The Morgan fingerprint density at radius 2 is 1.59 bits per heavy atom. The third kappa shape index (κ3) is 4.50. The van der Waals surface area contributed by atoms with Gasteiger partial charge in [-0.15, -0.1) is 12.4 Å². The molecule has 0 saturated carbocycles. The van der Waals surface area contributed by atoms with Crippen molar-refractivity contribution < 1.29 is 0 Å². The van der Waals surface area contributed by atoms with E-state index in [-0.39, 0.29) is 23.5 Å². The monoisotopic (exact) mass is 490 g/mol. The van der Waals surface area contributed by atoms with Gasteiger partial charge in [-0.05, 0) is 40.5 Å². The Morgan fingerprint density at radius 1 is 0.938 bits per heavy atom. The first-order valence-electron chi connectivity index (χ1n) is 10.3. The zero-order chi connectivity index (χ0) is 21.8. The fourth-order valence-corrected chi connectivity index (χ4v) is 6.60. The predicted octanol–water partition coefficient (Wildman–Crippen LogP) is 4.77. The van der Waals surface area contributed by atoms with Gasteiger partial charge in [0, 0.05) is 35.9 Å². The summed E-state index contributed by atoms with van der Waals surface area (Å²) >= 11 is 3.22. The Hall–Kier alpha value is -2.14. The Labute approximate surface area is 201 Å². The quantitative estimate of drug-likeness (QED) is 0.425. The highest BCUT2D eigenvalue weighted by Crippen LogP contribution is 2.38. The van der Waals surface area contributed by atoms with E-state index in [1.165, 1.54) is 0 Å². The van der Waals surface area contributed by atoms with E-state index in [1.54, 1.807) is 47.5 Å². The van der Waals surface area contributed by atoms with Crippen molar-refractivity contribution in [3.63, 3.8) is 0 Å². The smallest absolute Gasteiger partial charge is 0.188 e. The number of hydrogen-bond acceptors (Lipinski definition) is 9. The molecular weight excluding hydrogens is 464 g/mol. The molecule has 0 aliphatic carbocycles. The molecule has 0 aromatic carbocycles. The molecule has 4 aromatic heterocycles. The molecule has 32 heavy (non-hydrogen) atoms. The Bertz CT molecular complexity index is 1150. The molecule has 1 aliphatic rings. The second kappa shape index (κ2) is 8.33. The van der Waals surface area contributed by atoms with Crippen LogP contribution in [0.25, 0.3) is 31.6 Å². The average molecular weight is 491 g/mol. The van der Waals surface area contributed by atoms with Crippen LogP contribution in [0, 0.1) is 0 Å². The maximum Gasteiger partial charge on any atom is 0.188 e. The summed E-state index contributed by atoms with van der Waals surface area (Å²) in [5, 5.41) is 12.4. The molecule has 8 nitrogen and oxygen atoms in total. The van der Waals surface area contributed by atoms with Gasteiger partial charge in [0.15, 0.2) is 14.8 Å². The minimum Gasteiger partial charge on any atom is -0.348 e. The van der Waals surface area contributed by atoms with Crippen molar-refractivity contribution in [2.75, 3.05) is 11.9 Å². The van der Waals surface area contributed by atoms with Crippen LogP contribution in [0.15, 0.2) is 24.8 Å². The lowest BCUT2D eigenvalue weighted by Gasteiger charge is -2.48. The van der Waals surface area contributed by atoms with Gasteiger partial charge in [0.1, 0.15) is 10.7 Å². The number of H-pyrrole nitrogens is 1. The van der Waals surface area contributed by atoms with E-state index in [1.807, 2.05) is 0 Å². The van der Waals surface area contributed by atoms with Gasteiger partial charge in [-0.1, -0.05) is 22.7 Å². The largest absolute Gasteiger partial charge is 0.348 e. The second-order valence-electron chi connectivity index (χ2n) is 9.47. The van der Waals surface area contributed by atoms with Crippen LogP contribution < -0.4 is 10.2 Å². The minimum absolute atomic E-state index is 0. The third-order valence-corrected chi connectivity index (χ3v) is 7.79. The number of halogens is 1. The average Bonchev–Trinajstić information content (AvgIpc) is 3.41. The molecule has 1 saturated heterocycles. The topological polar surface area (TPSA) is 95.5 Å². The number of fused-ring (bicyclic) bond motifs is 1. The molecule has 1 fully saturated rings. The summed E-state index contributed by atoms with van der Waals surface area (Å²) in [5.41, 5.74) is 2.66. The lowest BCUT2D eigenvalue weighted by atomic mass is 9.79. The second-order valence-corrected chi connectivity index (χ2v) is 11.4. The van der Waals surface area contributed by atoms with E-state index < -0.39 is 0 Å². The van der Waals surface area contributed by atoms with Crippen LogP contribution in [0.5, 0.6) is 0 Å². The molecule has 4 aromatic rings. The molecular formula is C21H27ClN8S2. The van der Waals surface area contributed by atoms with Gasteiger partial charge in [0.2, 0.25) is 0 Å². The van der Waals surface area contributed by atoms with Gasteiger partial charge in [-0.3, -0.25) is 10.1 Å². The van der Waals surface area contributed by atoms with E-state index >= 15 is 0 Å². The van der Waals surface area contributed by atoms with Crippen LogP contribution in [0.2, 0.25) is 0 Å². The van der Waals surface area contributed by atoms with Gasteiger partial charge in [-0.25, -0.2) is 15.0 Å². The molecule has 170 valence electrons. The van der Waals surface area contributed by atoms with Crippen molar-refractivity contribution in [2.24, 2.45) is 0 Å². The molecule has 0 atom stereocenters. The van der Waals surface area contributed by atoms with E-state index in [2.05, 4.69) is 65.1 Å². The number of aromatic amines is 1. The number of aromatic nitrogens is 6. The summed E-state index contributed by atoms with van der Waals surface area (Å²) in [6.45, 7) is 9.12. The predicted molar refractivity (Wildman–Crippen MR) is 134 cm³/mol. The Kier molecular flexibility index (Phi) is 6.00. The number of hydrogen-bond donors (Lipinski definition) is 2. The number of anilines is 1. The molecule has 0 bridgehead atoms. The molecule has 0 radical (unpaired) electrons. The summed E-state index contributed by atoms with van der Waals surface area (Å²) in [7, 11) is 2.16. The summed E-state index contributed by atoms with van der Waals surface area (Å²) in [5.74, 6) is 0. The maximum atomic E-state index is 4.91. The van der Waals surface area contributed by atoms with Crippen LogP contribution >= 0.6 is 35.1 Å². The highest BCUT2D eigenvalue weighted by Gasteiger charge is 2.39. The SMILES string of the molecule is CN(c1nc2sc(-c3cnc(-c4cn[nH]c4)cn3)nc2s1)C1CC(C)(C)NC(C)(C)C1.Cl. The van der Waals surface area contributed by atoms with Gasteiger partial charge in [0.05, 0.1) is 24.3 Å². The van der Waals surface area contributed by atoms with E-state index in [0.717, 1.165) is 49.6 Å². The molecule has 1 aliphatic heterocycles. The molecule has 0 amide bonds. The van der Waals surface area contributed by atoms with Crippen molar-refractivity contribution >= 4 is 49.9 Å². The third-order valence-electron chi connectivity index (χ3n) is 5.65. The molecule has 11 heteroatoms. The highest BCUT2D eigenvalue weighted by atomic mass is 35.5. The number of nitrogens with one attached hydrogen (secondary N) is 2. The van der Waals surface area contributed by atoms with Crippen molar-refractivity contribution in [1.82, 2.24) is 35.5 Å². The van der Waals surface area contributed by atoms with E-state index in [9.17, 15) is 0 Å². The normalized spacial score (nSPS) is 17.9. The number of nitrogens with zero attached hydrogens (tertiary/aromatic N) is 6. The van der Waals surface area contributed by atoms with E-state index in [0.29, 0.717) is 6.04 Å². The van der Waals surface area contributed by atoms with E-state index in [4.69, 9.17) is 9.97 Å². The maximum absolute atomic E-state index is 4.91. The first kappa shape index (κ1) is 23.0. The zero-order valence-electron chi connectivity index (χ0n) is 18.7. The van der Waals surface area contributed by atoms with Crippen molar-refractivity contribution in [1.29, 1.82) is 0 Å².